The first-order valence-corrected chi connectivity index (χ1v) is 6.73. The van der Waals surface area contributed by atoms with E-state index in [1.165, 1.54) is 13.2 Å². The van der Waals surface area contributed by atoms with E-state index in [2.05, 4.69) is 14.7 Å². The third-order valence-electron chi connectivity index (χ3n) is 2.21. The van der Waals surface area contributed by atoms with Crippen molar-refractivity contribution < 1.29 is 18.1 Å². The lowest BCUT2D eigenvalue weighted by Gasteiger charge is -2.09. The van der Waals surface area contributed by atoms with Gasteiger partial charge in [0.25, 0.3) is 5.69 Å². The normalized spacial score (nSPS) is 10.7. The summed E-state index contributed by atoms with van der Waals surface area (Å²) in [6.07, 6.45) is 0. The highest BCUT2D eigenvalue weighted by Crippen LogP contribution is 2.27. The van der Waals surface area contributed by atoms with Gasteiger partial charge in [0.05, 0.1) is 12.0 Å². The molecule has 0 saturated carbocycles. The average Bonchev–Trinajstić information content (AvgIpc) is 2.42. The molecule has 0 aliphatic rings. The van der Waals surface area contributed by atoms with Crippen LogP contribution in [0.5, 0.6) is 5.75 Å². The Hall–Kier alpha value is -2.36. The van der Waals surface area contributed by atoms with Crippen molar-refractivity contribution in [3.8, 4) is 5.75 Å². The Kier molecular flexibility index (Phi) is 5.26. The van der Waals surface area contributed by atoms with Gasteiger partial charge in [-0.2, -0.15) is 0 Å². The zero-order chi connectivity index (χ0) is 15.2. The smallest absolute Gasteiger partial charge is 0.271 e. The summed E-state index contributed by atoms with van der Waals surface area (Å²) in [7, 11) is -2.75. The second-order valence-electron chi connectivity index (χ2n) is 3.44. The van der Waals surface area contributed by atoms with Gasteiger partial charge in [0.15, 0.2) is 0 Å². The molecule has 1 aromatic carbocycles. The predicted molar refractivity (Wildman–Crippen MR) is 68.8 cm³/mol. The summed E-state index contributed by atoms with van der Waals surface area (Å²) >= 11 is 0. The molecule has 108 valence electrons. The van der Waals surface area contributed by atoms with E-state index in [0.717, 1.165) is 12.1 Å². The summed E-state index contributed by atoms with van der Waals surface area (Å²) < 4.78 is 31.0. The molecule has 0 atom stereocenters. The molecule has 1 N–H and O–H groups in total. The van der Waals surface area contributed by atoms with Gasteiger partial charge in [-0.25, -0.2) is 13.1 Å². The van der Waals surface area contributed by atoms with Crippen molar-refractivity contribution in [2.75, 3.05) is 20.2 Å². The van der Waals surface area contributed by atoms with E-state index in [4.69, 9.17) is 10.3 Å². The van der Waals surface area contributed by atoms with Gasteiger partial charge in [0.1, 0.15) is 10.6 Å². The predicted octanol–water partition coefficient (Wildman–Crippen LogP) is 1.19. The van der Waals surface area contributed by atoms with Crippen LogP contribution >= 0.6 is 0 Å². The van der Waals surface area contributed by atoms with Crippen LogP contribution in [-0.2, 0) is 10.0 Å². The maximum Gasteiger partial charge on any atom is 0.271 e. The molecule has 0 spiro atoms. The number of nitro benzene ring substituents is 1. The number of sulfonamides is 1. The van der Waals surface area contributed by atoms with Gasteiger partial charge in [-0.1, -0.05) is 5.11 Å². The summed E-state index contributed by atoms with van der Waals surface area (Å²) in [6, 6.07) is 3.23. The van der Waals surface area contributed by atoms with Crippen LogP contribution in [0.4, 0.5) is 5.69 Å². The molecule has 0 saturated heterocycles. The van der Waals surface area contributed by atoms with Crippen LogP contribution in [0.15, 0.2) is 28.2 Å². The maximum atomic E-state index is 12.0. The fourth-order valence-corrected chi connectivity index (χ4v) is 2.55. The largest absolute Gasteiger partial charge is 0.495 e. The van der Waals surface area contributed by atoms with E-state index in [0.29, 0.717) is 0 Å². The summed E-state index contributed by atoms with van der Waals surface area (Å²) in [5, 5.41) is 13.8. The monoisotopic (exact) mass is 301 g/mol. The minimum atomic E-state index is -4.00. The quantitative estimate of drug-likeness (QED) is 0.200. The molecule has 11 heteroatoms. The van der Waals surface area contributed by atoms with E-state index in [-0.39, 0.29) is 29.4 Å². The van der Waals surface area contributed by atoms with Crippen molar-refractivity contribution in [2.24, 2.45) is 5.11 Å². The van der Waals surface area contributed by atoms with Gasteiger partial charge in [-0.15, -0.1) is 0 Å². The van der Waals surface area contributed by atoms with Crippen molar-refractivity contribution in [3.05, 3.63) is 38.8 Å². The Balaban J connectivity index is 3.11. The lowest BCUT2D eigenvalue weighted by Crippen LogP contribution is -2.26. The highest BCUT2D eigenvalue weighted by atomic mass is 32.2. The van der Waals surface area contributed by atoms with E-state index in [9.17, 15) is 18.5 Å². The van der Waals surface area contributed by atoms with Crippen molar-refractivity contribution in [1.82, 2.24) is 4.72 Å². The molecule has 0 aliphatic heterocycles. The first-order valence-electron chi connectivity index (χ1n) is 5.25. The number of ether oxygens (including phenoxy) is 1. The van der Waals surface area contributed by atoms with E-state index >= 15 is 0 Å². The van der Waals surface area contributed by atoms with Gasteiger partial charge in [-0.3, -0.25) is 10.1 Å². The Morgan fingerprint density at radius 2 is 2.25 bits per heavy atom. The Morgan fingerprint density at radius 1 is 1.55 bits per heavy atom. The number of non-ortho nitro benzene ring substituents is 1. The number of benzene rings is 1. The van der Waals surface area contributed by atoms with Crippen LogP contribution in [0.3, 0.4) is 0 Å². The number of hydrogen-bond acceptors (Lipinski definition) is 6. The number of nitrogens with one attached hydrogen (secondary N) is 1. The highest BCUT2D eigenvalue weighted by molar-refractivity contribution is 7.89. The summed E-state index contributed by atoms with van der Waals surface area (Å²) in [5.41, 5.74) is 7.70. The van der Waals surface area contributed by atoms with Crippen LogP contribution in [0, 0.1) is 10.1 Å². The first-order chi connectivity index (χ1) is 9.42. The summed E-state index contributed by atoms with van der Waals surface area (Å²) in [5.74, 6) is -0.0214. The number of rotatable bonds is 7. The lowest BCUT2D eigenvalue weighted by molar-refractivity contribution is -0.385. The second kappa shape index (κ2) is 6.70. The van der Waals surface area contributed by atoms with Crippen molar-refractivity contribution in [2.45, 2.75) is 4.90 Å². The topological polar surface area (TPSA) is 147 Å². The molecule has 20 heavy (non-hydrogen) atoms. The van der Waals surface area contributed by atoms with E-state index in [1.54, 1.807) is 0 Å². The molecule has 0 amide bonds. The SMILES string of the molecule is COc1ccc([N+](=O)[O-])cc1S(=O)(=O)NCCN=[N+]=[N-]. The molecule has 0 heterocycles. The highest BCUT2D eigenvalue weighted by Gasteiger charge is 2.22. The van der Waals surface area contributed by atoms with Crippen molar-refractivity contribution in [1.29, 1.82) is 0 Å². The fourth-order valence-electron chi connectivity index (χ4n) is 1.34. The summed E-state index contributed by atoms with van der Waals surface area (Å²) in [6.45, 7) is -0.203. The maximum absolute atomic E-state index is 12.0. The van der Waals surface area contributed by atoms with Gasteiger partial charge >= 0.3 is 0 Å². The first kappa shape index (κ1) is 15.7. The Bertz CT molecular complexity index is 653. The zero-order valence-electron chi connectivity index (χ0n) is 10.4. The average molecular weight is 301 g/mol. The van der Waals surface area contributed by atoms with Crippen LogP contribution in [0.1, 0.15) is 0 Å². The minimum absolute atomic E-state index is 0.0214. The van der Waals surface area contributed by atoms with Crippen LogP contribution in [0.25, 0.3) is 10.4 Å². The number of methoxy groups -OCH3 is 1. The van der Waals surface area contributed by atoms with Crippen LogP contribution < -0.4 is 9.46 Å². The molecule has 1 rings (SSSR count). The van der Waals surface area contributed by atoms with Gasteiger partial charge < -0.3 is 4.74 Å². The molecule has 0 radical (unpaired) electrons. The molecule has 1 aromatic rings. The number of nitro groups is 1. The molecule has 0 aromatic heterocycles. The van der Waals surface area contributed by atoms with Gasteiger partial charge in [-0.05, 0) is 11.6 Å². The number of hydrogen-bond donors (Lipinski definition) is 1. The zero-order valence-corrected chi connectivity index (χ0v) is 11.2. The molecule has 0 unspecified atom stereocenters. The van der Waals surface area contributed by atoms with Crippen molar-refractivity contribution >= 4 is 15.7 Å². The van der Waals surface area contributed by atoms with Gasteiger partial charge in [0, 0.05) is 30.1 Å². The minimum Gasteiger partial charge on any atom is -0.495 e. The van der Waals surface area contributed by atoms with Crippen LogP contribution in [-0.4, -0.2) is 33.5 Å². The second-order valence-corrected chi connectivity index (χ2v) is 5.18. The standard InChI is InChI=1S/C9H11N5O5S/c1-19-8-3-2-7(14(15)16)6-9(8)20(17,18)12-5-4-11-13-10/h2-3,6,12H,4-5H2,1H3. The van der Waals surface area contributed by atoms with Crippen LogP contribution in [0.2, 0.25) is 0 Å². The molecule has 0 fully saturated rings. The Morgan fingerprint density at radius 3 is 2.80 bits per heavy atom. The molecule has 0 bridgehead atoms. The third-order valence-corrected chi connectivity index (χ3v) is 3.70. The molecular formula is C9H11N5O5S. The third kappa shape index (κ3) is 3.82. The Labute approximate surface area is 114 Å². The molecule has 10 nitrogen and oxygen atoms in total. The van der Waals surface area contributed by atoms with Gasteiger partial charge in [0.2, 0.25) is 10.0 Å². The molecular weight excluding hydrogens is 290 g/mol. The van der Waals surface area contributed by atoms with E-state index < -0.39 is 14.9 Å². The molecule has 0 aliphatic carbocycles. The van der Waals surface area contributed by atoms with Crippen molar-refractivity contribution in [3.63, 3.8) is 0 Å². The number of azide groups is 1. The fraction of sp³-hybridized carbons (Fsp3) is 0.333. The van der Waals surface area contributed by atoms with E-state index in [1.807, 2.05) is 0 Å². The number of nitrogens with zero attached hydrogens (tertiary/aromatic N) is 4. The summed E-state index contributed by atoms with van der Waals surface area (Å²) in [4.78, 5) is 12.1. The lowest BCUT2D eigenvalue weighted by atomic mass is 10.3.